The van der Waals surface area contributed by atoms with Gasteiger partial charge in [0.25, 0.3) is 0 Å². The predicted molar refractivity (Wildman–Crippen MR) is 127 cm³/mol. The fraction of sp³-hybridized carbons (Fsp3) is 0.320. The largest absolute Gasteiger partial charge is 0.492 e. The van der Waals surface area contributed by atoms with Gasteiger partial charge in [-0.1, -0.05) is 54.6 Å². The minimum absolute atomic E-state index is 0.212. The summed E-state index contributed by atoms with van der Waals surface area (Å²) in [6.45, 7) is 8.50. The van der Waals surface area contributed by atoms with Gasteiger partial charge >= 0.3 is 13.2 Å². The minimum Gasteiger partial charge on any atom is -0.445 e. The van der Waals surface area contributed by atoms with Gasteiger partial charge in [0.1, 0.15) is 6.61 Å². The van der Waals surface area contributed by atoms with E-state index in [1.807, 2.05) is 88.5 Å². The van der Waals surface area contributed by atoms with Crippen LogP contribution in [0.5, 0.6) is 0 Å². The summed E-state index contributed by atoms with van der Waals surface area (Å²) in [5, 5.41) is 3.96. The molecule has 4 rings (SSSR count). The molecule has 1 aromatic heterocycles. The third kappa shape index (κ3) is 4.74. The maximum Gasteiger partial charge on any atom is 0.492 e. The number of carbonyl (C=O) groups excluding carboxylic acids is 1. The molecule has 2 N–H and O–H groups in total. The van der Waals surface area contributed by atoms with Crippen LogP contribution in [0.1, 0.15) is 38.8 Å². The van der Waals surface area contributed by atoms with Crippen LogP contribution in [-0.4, -0.2) is 35.9 Å². The third-order valence-electron chi connectivity index (χ3n) is 6.17. The number of alkyl carbamates (subject to hydrolysis) is 1. The highest BCUT2D eigenvalue weighted by Crippen LogP contribution is 2.39. The minimum atomic E-state index is -0.584. The van der Waals surface area contributed by atoms with Crippen LogP contribution in [0.4, 0.5) is 4.79 Å². The zero-order chi connectivity index (χ0) is 22.8. The molecule has 0 aliphatic carbocycles. The van der Waals surface area contributed by atoms with Crippen LogP contribution in [0.15, 0.2) is 66.3 Å². The number of hydrogen-bond donors (Lipinski definition) is 2. The first kappa shape index (κ1) is 22.2. The van der Waals surface area contributed by atoms with Crippen molar-refractivity contribution < 1.29 is 18.8 Å². The highest BCUT2D eigenvalue weighted by molar-refractivity contribution is 6.56. The zero-order valence-corrected chi connectivity index (χ0v) is 19.0. The summed E-state index contributed by atoms with van der Waals surface area (Å²) >= 11 is 0. The number of H-pyrrole nitrogens is 1. The average Bonchev–Trinajstić information content (AvgIpc) is 3.32. The van der Waals surface area contributed by atoms with E-state index in [1.54, 1.807) is 0 Å². The normalized spacial score (nSPS) is 17.5. The van der Waals surface area contributed by atoms with Crippen LogP contribution in [0.2, 0.25) is 0 Å². The first-order valence-corrected chi connectivity index (χ1v) is 10.8. The van der Waals surface area contributed by atoms with Crippen molar-refractivity contribution >= 4 is 30.2 Å². The molecule has 0 spiro atoms. The van der Waals surface area contributed by atoms with Gasteiger partial charge in [-0.15, -0.1) is 0 Å². The van der Waals surface area contributed by atoms with Gasteiger partial charge in [-0.25, -0.2) is 4.79 Å². The summed E-state index contributed by atoms with van der Waals surface area (Å²) in [5.74, 6) is 0. The quantitative estimate of drug-likeness (QED) is 0.531. The van der Waals surface area contributed by atoms with E-state index in [0.29, 0.717) is 0 Å². The van der Waals surface area contributed by atoms with Crippen molar-refractivity contribution in [3.8, 4) is 0 Å². The van der Waals surface area contributed by atoms with Crippen molar-refractivity contribution in [1.29, 1.82) is 0 Å². The van der Waals surface area contributed by atoms with Gasteiger partial charge in [-0.2, -0.15) is 0 Å². The lowest BCUT2D eigenvalue weighted by atomic mass is 9.77. The van der Waals surface area contributed by atoms with E-state index in [4.69, 9.17) is 14.0 Å². The van der Waals surface area contributed by atoms with E-state index >= 15 is 0 Å². The monoisotopic (exact) mass is 432 g/mol. The van der Waals surface area contributed by atoms with Crippen LogP contribution in [0.25, 0.3) is 17.0 Å². The van der Waals surface area contributed by atoms with Gasteiger partial charge in [0.15, 0.2) is 0 Å². The summed E-state index contributed by atoms with van der Waals surface area (Å²) in [4.78, 5) is 15.6. The molecule has 0 bridgehead atoms. The first-order valence-electron chi connectivity index (χ1n) is 10.8. The van der Waals surface area contributed by atoms with E-state index in [-0.39, 0.29) is 13.2 Å². The van der Waals surface area contributed by atoms with E-state index in [1.165, 1.54) is 0 Å². The molecule has 1 saturated heterocycles. The Kier molecular flexibility index (Phi) is 6.13. The molecular weight excluding hydrogens is 403 g/mol. The number of carbonyl (C=O) groups is 1. The van der Waals surface area contributed by atoms with E-state index in [9.17, 15) is 4.79 Å². The first-order chi connectivity index (χ1) is 15.2. The van der Waals surface area contributed by atoms with E-state index in [0.717, 1.165) is 27.5 Å². The molecule has 0 saturated carbocycles. The van der Waals surface area contributed by atoms with Gasteiger partial charge < -0.3 is 24.3 Å². The summed E-state index contributed by atoms with van der Waals surface area (Å²) in [5.41, 5.74) is 2.79. The second-order valence-corrected chi connectivity index (χ2v) is 9.01. The molecule has 0 radical (unpaired) electrons. The number of rotatable bonds is 6. The Labute approximate surface area is 189 Å². The molecule has 2 aromatic carbocycles. The van der Waals surface area contributed by atoms with Crippen molar-refractivity contribution in [2.45, 2.75) is 45.5 Å². The maximum absolute atomic E-state index is 12.4. The predicted octanol–water partition coefficient (Wildman–Crippen LogP) is 5.11. The van der Waals surface area contributed by atoms with Crippen LogP contribution >= 0.6 is 0 Å². The van der Waals surface area contributed by atoms with Crippen molar-refractivity contribution in [3.05, 3.63) is 77.4 Å². The molecule has 1 aliphatic rings. The topological polar surface area (TPSA) is 72.6 Å². The molecule has 166 valence electrons. The lowest BCUT2D eigenvalue weighted by molar-refractivity contribution is 0.00578. The van der Waals surface area contributed by atoms with Gasteiger partial charge in [0, 0.05) is 12.7 Å². The summed E-state index contributed by atoms with van der Waals surface area (Å²) < 4.78 is 17.9. The molecule has 2 heterocycles. The highest BCUT2D eigenvalue weighted by Gasteiger charge is 2.52. The molecule has 0 atom stereocenters. The summed E-state index contributed by atoms with van der Waals surface area (Å²) in [6.07, 6.45) is 3.43. The average molecular weight is 432 g/mol. The fourth-order valence-electron chi connectivity index (χ4n) is 3.57. The lowest BCUT2D eigenvalue weighted by Crippen LogP contribution is -2.41. The molecule has 32 heavy (non-hydrogen) atoms. The Balaban J connectivity index is 1.53. The summed E-state index contributed by atoms with van der Waals surface area (Å²) in [7, 11) is -0.584. The molecule has 1 fully saturated rings. The lowest BCUT2D eigenvalue weighted by Gasteiger charge is -2.32. The van der Waals surface area contributed by atoms with E-state index < -0.39 is 24.4 Å². The number of benzene rings is 2. The second-order valence-electron chi connectivity index (χ2n) is 9.01. The molecule has 1 amide bonds. The van der Waals surface area contributed by atoms with Gasteiger partial charge in [0.2, 0.25) is 0 Å². The molecule has 0 unspecified atom stereocenters. The Morgan fingerprint density at radius 3 is 2.47 bits per heavy atom. The van der Waals surface area contributed by atoms with Crippen molar-refractivity contribution in [2.24, 2.45) is 0 Å². The number of para-hydroxylation sites is 1. The molecular formula is C25H29BN2O4. The number of nitrogens with one attached hydrogen (secondary N) is 2. The van der Waals surface area contributed by atoms with E-state index in [2.05, 4.69) is 16.4 Å². The van der Waals surface area contributed by atoms with Crippen LogP contribution in [0, 0.1) is 0 Å². The summed E-state index contributed by atoms with van der Waals surface area (Å²) in [6, 6.07) is 17.7. The van der Waals surface area contributed by atoms with Crippen molar-refractivity contribution in [2.75, 3.05) is 6.54 Å². The smallest absolute Gasteiger partial charge is 0.445 e. The van der Waals surface area contributed by atoms with Gasteiger partial charge in [-0.3, -0.25) is 0 Å². The third-order valence-corrected chi connectivity index (χ3v) is 6.17. The Morgan fingerprint density at radius 1 is 1.03 bits per heavy atom. The SMILES string of the molecule is CC1(C)OB(C(=Cc2cccc3cc[nH]c23)CNC(=O)OCc2ccccc2)OC1(C)C. The Hall–Kier alpha value is -3.03. The second kappa shape index (κ2) is 8.84. The molecule has 6 nitrogen and oxygen atoms in total. The number of hydrogen-bond acceptors (Lipinski definition) is 4. The number of aromatic nitrogens is 1. The number of amides is 1. The highest BCUT2D eigenvalue weighted by atomic mass is 16.7. The molecule has 7 heteroatoms. The van der Waals surface area contributed by atoms with Crippen LogP contribution in [-0.2, 0) is 20.7 Å². The van der Waals surface area contributed by atoms with Gasteiger partial charge in [-0.05, 0) is 55.7 Å². The maximum atomic E-state index is 12.4. The Morgan fingerprint density at radius 2 is 1.75 bits per heavy atom. The number of aromatic amines is 1. The Bertz CT molecular complexity index is 1110. The number of ether oxygens (including phenoxy) is 1. The fourth-order valence-corrected chi connectivity index (χ4v) is 3.57. The number of fused-ring (bicyclic) bond motifs is 1. The standard InChI is InChI=1S/C25H29BN2O4/c1-24(2)25(3,4)32-26(31-24)21(15-20-12-8-11-19-13-14-27-22(19)20)16-28-23(29)30-17-18-9-6-5-7-10-18/h5-15,27H,16-17H2,1-4H3,(H,28,29). The van der Waals surface area contributed by atoms with Crippen molar-refractivity contribution in [1.82, 2.24) is 10.3 Å². The molecule has 1 aliphatic heterocycles. The van der Waals surface area contributed by atoms with Crippen LogP contribution in [0.3, 0.4) is 0 Å². The van der Waals surface area contributed by atoms with Crippen molar-refractivity contribution in [3.63, 3.8) is 0 Å². The van der Waals surface area contributed by atoms with Crippen LogP contribution < -0.4 is 5.32 Å². The molecule has 3 aromatic rings. The zero-order valence-electron chi connectivity index (χ0n) is 19.0. The van der Waals surface area contributed by atoms with Gasteiger partial charge in [0.05, 0.1) is 16.7 Å².